The van der Waals surface area contributed by atoms with Crippen LogP contribution in [0.1, 0.15) is 51.0 Å². The lowest BCUT2D eigenvalue weighted by molar-refractivity contribution is 0.284. The fourth-order valence-electron chi connectivity index (χ4n) is 4.39. The van der Waals surface area contributed by atoms with Gasteiger partial charge in [0, 0.05) is 18.5 Å². The van der Waals surface area contributed by atoms with Gasteiger partial charge < -0.3 is 0 Å². The number of rotatable bonds is 2. The van der Waals surface area contributed by atoms with E-state index in [4.69, 9.17) is 0 Å². The first-order chi connectivity index (χ1) is 10.3. The van der Waals surface area contributed by atoms with E-state index in [0.717, 1.165) is 18.7 Å². The minimum absolute atomic E-state index is 0.0979. The zero-order chi connectivity index (χ0) is 14.3. The second-order valence-corrected chi connectivity index (χ2v) is 6.63. The minimum Gasteiger partial charge on any atom is -0.268 e. The lowest BCUT2D eigenvalue weighted by Crippen LogP contribution is -2.26. The normalized spacial score (nSPS) is 23.9. The van der Waals surface area contributed by atoms with Crippen LogP contribution in [0.5, 0.6) is 0 Å². The van der Waals surface area contributed by atoms with Gasteiger partial charge in [0.25, 0.3) is 5.56 Å². The van der Waals surface area contributed by atoms with E-state index in [1.165, 1.54) is 32.1 Å². The summed E-state index contributed by atoms with van der Waals surface area (Å²) >= 11 is 0. The first-order valence-electron chi connectivity index (χ1n) is 7.99. The fraction of sp³-hybridized carbons (Fsp3) is 0.529. The molecule has 110 valence electrons. The highest BCUT2D eigenvalue weighted by molar-refractivity contribution is 5.20. The molecule has 2 aliphatic carbocycles. The van der Waals surface area contributed by atoms with Crippen molar-refractivity contribution in [3.05, 3.63) is 47.0 Å². The molecule has 2 fully saturated rings. The molecule has 1 spiro atoms. The van der Waals surface area contributed by atoms with Crippen molar-refractivity contribution in [1.82, 2.24) is 14.3 Å². The summed E-state index contributed by atoms with van der Waals surface area (Å²) in [6.07, 6.45) is 12.6. The number of hydrogen-bond donors (Lipinski definition) is 0. The van der Waals surface area contributed by atoms with E-state index in [1.807, 2.05) is 33.8 Å². The minimum atomic E-state index is 0.0979. The predicted octanol–water partition coefficient (Wildman–Crippen LogP) is 3.32. The van der Waals surface area contributed by atoms with E-state index < -0.39 is 0 Å². The van der Waals surface area contributed by atoms with E-state index in [0.29, 0.717) is 11.5 Å². The molecule has 0 amide bonds. The molecule has 4 nitrogen and oxygen atoms in total. The summed E-state index contributed by atoms with van der Waals surface area (Å²) in [6.45, 7) is 0. The lowest BCUT2D eigenvalue weighted by Gasteiger charge is -2.23. The Morgan fingerprint density at radius 3 is 2.76 bits per heavy atom. The molecule has 2 heterocycles. The maximum absolute atomic E-state index is 12.3. The van der Waals surface area contributed by atoms with Crippen molar-refractivity contribution in [3.8, 4) is 5.82 Å². The number of aromatic nitrogens is 3. The molecule has 0 aliphatic heterocycles. The highest BCUT2D eigenvalue weighted by atomic mass is 16.1. The molecule has 0 aromatic carbocycles. The van der Waals surface area contributed by atoms with Crippen molar-refractivity contribution in [2.75, 3.05) is 0 Å². The Hall–Kier alpha value is -1.84. The van der Waals surface area contributed by atoms with Gasteiger partial charge in [-0.05, 0) is 49.7 Å². The molecule has 4 rings (SSSR count). The first kappa shape index (κ1) is 12.9. The third-order valence-electron chi connectivity index (χ3n) is 5.39. The standard InChI is InChI=1S/C17H21N3O/c21-16-7-12-19(15-5-1-4-11-18-15)20(16)14-6-10-17(13-14)8-2-3-9-17/h1,4-5,7,11-12,14H,2-3,6,8-10,13H2. The zero-order valence-corrected chi connectivity index (χ0v) is 12.2. The molecule has 2 aliphatic rings. The van der Waals surface area contributed by atoms with Gasteiger partial charge in [0.1, 0.15) is 0 Å². The monoisotopic (exact) mass is 283 g/mol. The van der Waals surface area contributed by atoms with Crippen LogP contribution in [0, 0.1) is 5.41 Å². The van der Waals surface area contributed by atoms with Crippen molar-refractivity contribution in [2.24, 2.45) is 5.41 Å². The number of nitrogens with zero attached hydrogens (tertiary/aromatic N) is 3. The maximum Gasteiger partial charge on any atom is 0.267 e. The van der Waals surface area contributed by atoms with Crippen molar-refractivity contribution in [3.63, 3.8) is 0 Å². The average Bonchev–Trinajstić information content (AvgIpc) is 3.22. The summed E-state index contributed by atoms with van der Waals surface area (Å²) in [4.78, 5) is 16.7. The van der Waals surface area contributed by atoms with Crippen LogP contribution in [0.15, 0.2) is 41.5 Å². The SMILES string of the molecule is O=c1ccn(-c2ccccn2)n1C1CCC2(CCCC2)C1. The Balaban J connectivity index is 1.70. The molecular formula is C17H21N3O. The summed E-state index contributed by atoms with van der Waals surface area (Å²) in [5.41, 5.74) is 0.615. The second-order valence-electron chi connectivity index (χ2n) is 6.63. The van der Waals surface area contributed by atoms with Crippen LogP contribution in [0.2, 0.25) is 0 Å². The van der Waals surface area contributed by atoms with Crippen LogP contribution in [0.4, 0.5) is 0 Å². The second kappa shape index (κ2) is 4.86. The van der Waals surface area contributed by atoms with Gasteiger partial charge in [-0.1, -0.05) is 18.9 Å². The van der Waals surface area contributed by atoms with Crippen molar-refractivity contribution in [2.45, 2.75) is 51.0 Å². The molecule has 1 atom stereocenters. The maximum atomic E-state index is 12.3. The van der Waals surface area contributed by atoms with E-state index in [1.54, 1.807) is 12.3 Å². The molecule has 21 heavy (non-hydrogen) atoms. The first-order valence-corrected chi connectivity index (χ1v) is 7.99. The smallest absolute Gasteiger partial charge is 0.267 e. The molecule has 2 aromatic heterocycles. The zero-order valence-electron chi connectivity index (χ0n) is 12.2. The average molecular weight is 283 g/mol. The number of pyridine rings is 1. The van der Waals surface area contributed by atoms with Gasteiger partial charge >= 0.3 is 0 Å². The summed E-state index contributed by atoms with van der Waals surface area (Å²) in [7, 11) is 0. The molecule has 2 aromatic rings. The van der Waals surface area contributed by atoms with Gasteiger partial charge in [-0.3, -0.25) is 4.79 Å². The molecule has 1 unspecified atom stereocenters. The van der Waals surface area contributed by atoms with E-state index in [2.05, 4.69) is 4.98 Å². The Bertz CT molecular complexity index is 680. The summed E-state index contributed by atoms with van der Waals surface area (Å²) < 4.78 is 3.86. The van der Waals surface area contributed by atoms with Crippen LogP contribution in [-0.2, 0) is 0 Å². The van der Waals surface area contributed by atoms with Crippen LogP contribution in [0.3, 0.4) is 0 Å². The summed E-state index contributed by atoms with van der Waals surface area (Å²) in [5.74, 6) is 0.826. The van der Waals surface area contributed by atoms with Crippen LogP contribution in [0.25, 0.3) is 5.82 Å². The Kier molecular flexibility index (Phi) is 2.98. The van der Waals surface area contributed by atoms with Gasteiger partial charge in [0.2, 0.25) is 0 Å². The molecule has 2 saturated carbocycles. The lowest BCUT2D eigenvalue weighted by atomic mass is 9.84. The van der Waals surface area contributed by atoms with Crippen LogP contribution >= 0.6 is 0 Å². The van der Waals surface area contributed by atoms with Crippen LogP contribution < -0.4 is 5.56 Å². The van der Waals surface area contributed by atoms with E-state index in [-0.39, 0.29) is 5.56 Å². The quantitative estimate of drug-likeness (QED) is 0.848. The molecule has 0 radical (unpaired) electrons. The van der Waals surface area contributed by atoms with Crippen molar-refractivity contribution < 1.29 is 0 Å². The highest BCUT2D eigenvalue weighted by Crippen LogP contribution is 2.53. The van der Waals surface area contributed by atoms with Gasteiger partial charge in [-0.2, -0.15) is 0 Å². The highest BCUT2D eigenvalue weighted by Gasteiger charge is 2.42. The predicted molar refractivity (Wildman–Crippen MR) is 81.6 cm³/mol. The van der Waals surface area contributed by atoms with Gasteiger partial charge in [0.05, 0.1) is 6.04 Å². The molecule has 0 N–H and O–H groups in total. The summed E-state index contributed by atoms with van der Waals surface area (Å²) in [6, 6.07) is 7.81. The van der Waals surface area contributed by atoms with Crippen LogP contribution in [-0.4, -0.2) is 14.3 Å². The van der Waals surface area contributed by atoms with Gasteiger partial charge in [-0.25, -0.2) is 14.3 Å². The van der Waals surface area contributed by atoms with E-state index in [9.17, 15) is 4.79 Å². The Morgan fingerprint density at radius 1 is 1.14 bits per heavy atom. The van der Waals surface area contributed by atoms with Gasteiger partial charge in [-0.15, -0.1) is 0 Å². The molecule has 0 saturated heterocycles. The third-order valence-corrected chi connectivity index (χ3v) is 5.39. The van der Waals surface area contributed by atoms with Gasteiger partial charge in [0.15, 0.2) is 5.82 Å². The Morgan fingerprint density at radius 2 is 2.00 bits per heavy atom. The van der Waals surface area contributed by atoms with Crippen molar-refractivity contribution in [1.29, 1.82) is 0 Å². The summed E-state index contributed by atoms with van der Waals surface area (Å²) in [5, 5.41) is 0. The van der Waals surface area contributed by atoms with Crippen molar-refractivity contribution >= 4 is 0 Å². The fourth-order valence-corrected chi connectivity index (χ4v) is 4.39. The van der Waals surface area contributed by atoms with E-state index >= 15 is 0 Å². The third kappa shape index (κ3) is 2.13. The molecule has 4 heteroatoms. The molecule has 0 bridgehead atoms. The Labute approximate surface area is 124 Å². The molecular weight excluding hydrogens is 262 g/mol. The largest absolute Gasteiger partial charge is 0.268 e. The number of hydrogen-bond acceptors (Lipinski definition) is 2. The topological polar surface area (TPSA) is 39.8 Å².